The summed E-state index contributed by atoms with van der Waals surface area (Å²) in [6.45, 7) is 1.74. The minimum Gasteiger partial charge on any atom is -0.370 e. The second-order valence-electron chi connectivity index (χ2n) is 6.09. The molecule has 1 aromatic rings. The number of halogens is 2. The smallest absolute Gasteiger partial charge is 0.193 e. The second kappa shape index (κ2) is 6.60. The zero-order valence-corrected chi connectivity index (χ0v) is 12.6. The van der Waals surface area contributed by atoms with Gasteiger partial charge in [0.15, 0.2) is 5.96 Å². The fraction of sp³-hybridized carbons (Fsp3) is 0.562. The Labute approximate surface area is 129 Å². The van der Waals surface area contributed by atoms with Gasteiger partial charge >= 0.3 is 0 Å². The molecule has 1 aliphatic carbocycles. The molecule has 4 nitrogen and oxygen atoms in total. The number of rotatable bonds is 4. The van der Waals surface area contributed by atoms with Gasteiger partial charge in [-0.05, 0) is 44.4 Å². The second-order valence-corrected chi connectivity index (χ2v) is 6.09. The van der Waals surface area contributed by atoms with Crippen molar-refractivity contribution in [3.05, 3.63) is 29.8 Å². The van der Waals surface area contributed by atoms with Crippen molar-refractivity contribution in [1.29, 1.82) is 0 Å². The van der Waals surface area contributed by atoms with Gasteiger partial charge in [-0.2, -0.15) is 0 Å². The minimum absolute atomic E-state index is 0.0175. The van der Waals surface area contributed by atoms with Crippen molar-refractivity contribution in [3.63, 3.8) is 0 Å². The number of likely N-dealkylation sites (tertiary alicyclic amines) is 1. The zero-order chi connectivity index (χ0) is 15.5. The van der Waals surface area contributed by atoms with Crippen molar-refractivity contribution in [1.82, 2.24) is 4.90 Å². The van der Waals surface area contributed by atoms with Crippen molar-refractivity contribution >= 4 is 11.6 Å². The summed E-state index contributed by atoms with van der Waals surface area (Å²) in [7, 11) is 0. The van der Waals surface area contributed by atoms with Gasteiger partial charge in [0.1, 0.15) is 11.6 Å². The van der Waals surface area contributed by atoms with E-state index in [9.17, 15) is 8.78 Å². The molecule has 0 bridgehead atoms. The van der Waals surface area contributed by atoms with E-state index in [-0.39, 0.29) is 11.6 Å². The van der Waals surface area contributed by atoms with Gasteiger partial charge in [-0.1, -0.05) is 6.42 Å². The quantitative estimate of drug-likeness (QED) is 0.664. The van der Waals surface area contributed by atoms with Crippen LogP contribution in [0.2, 0.25) is 0 Å². The van der Waals surface area contributed by atoms with Gasteiger partial charge in [-0.15, -0.1) is 0 Å². The number of hydrogen-bond acceptors (Lipinski definition) is 2. The van der Waals surface area contributed by atoms with Crippen LogP contribution < -0.4 is 11.1 Å². The highest BCUT2D eigenvalue weighted by molar-refractivity contribution is 5.92. The summed E-state index contributed by atoms with van der Waals surface area (Å²) in [5, 5.41) is 2.64. The Balaban J connectivity index is 1.60. The number of aliphatic imine (C=N–C) groups is 1. The number of nitrogens with two attached hydrogens (primary N) is 1. The van der Waals surface area contributed by atoms with E-state index in [1.165, 1.54) is 25.7 Å². The van der Waals surface area contributed by atoms with E-state index < -0.39 is 11.6 Å². The molecule has 22 heavy (non-hydrogen) atoms. The predicted molar refractivity (Wildman–Crippen MR) is 83.8 cm³/mol. The van der Waals surface area contributed by atoms with Gasteiger partial charge in [0.05, 0.1) is 12.2 Å². The maximum Gasteiger partial charge on any atom is 0.193 e. The van der Waals surface area contributed by atoms with Crippen LogP contribution in [-0.2, 0) is 0 Å². The van der Waals surface area contributed by atoms with Crippen LogP contribution in [0.5, 0.6) is 0 Å². The fourth-order valence-electron chi connectivity index (χ4n) is 3.08. The van der Waals surface area contributed by atoms with E-state index in [0.29, 0.717) is 12.6 Å². The maximum absolute atomic E-state index is 13.6. The summed E-state index contributed by atoms with van der Waals surface area (Å²) in [6, 6.07) is 4.35. The third kappa shape index (κ3) is 3.74. The number of anilines is 1. The Morgan fingerprint density at radius 3 is 2.86 bits per heavy atom. The molecule has 0 radical (unpaired) electrons. The van der Waals surface area contributed by atoms with Crippen LogP contribution in [0.3, 0.4) is 0 Å². The van der Waals surface area contributed by atoms with Crippen LogP contribution in [0, 0.1) is 11.6 Å². The van der Waals surface area contributed by atoms with Crippen molar-refractivity contribution in [2.75, 3.05) is 18.4 Å². The predicted octanol–water partition coefficient (Wildman–Crippen LogP) is 2.71. The Kier molecular flexibility index (Phi) is 4.57. The summed E-state index contributed by atoms with van der Waals surface area (Å²) in [5.41, 5.74) is 5.83. The monoisotopic (exact) mass is 308 g/mol. The summed E-state index contributed by atoms with van der Waals surface area (Å²) in [4.78, 5) is 6.86. The molecule has 2 fully saturated rings. The lowest BCUT2D eigenvalue weighted by atomic mass is 10.0. The lowest BCUT2D eigenvalue weighted by Crippen LogP contribution is -2.43. The molecule has 1 saturated carbocycles. The number of guanidine groups is 1. The maximum atomic E-state index is 13.6. The number of nitrogens with one attached hydrogen (secondary N) is 1. The number of nitrogens with zero attached hydrogens (tertiary/aromatic N) is 2. The molecule has 3 N–H and O–H groups in total. The minimum atomic E-state index is -0.545. The molecular weight excluding hydrogens is 286 g/mol. The van der Waals surface area contributed by atoms with Crippen LogP contribution >= 0.6 is 0 Å². The molecule has 0 spiro atoms. The van der Waals surface area contributed by atoms with E-state index in [2.05, 4.69) is 15.2 Å². The van der Waals surface area contributed by atoms with Crippen LogP contribution in [0.4, 0.5) is 14.5 Å². The number of piperidine rings is 1. The lowest BCUT2D eigenvalue weighted by Gasteiger charge is -2.35. The SMILES string of the molecule is NC(=NCC1CCCCN1C1CC1)Nc1cc(F)ccc1F. The average Bonchev–Trinajstić information content (AvgIpc) is 3.34. The Bertz CT molecular complexity index is 557. The van der Waals surface area contributed by atoms with Gasteiger partial charge in [-0.25, -0.2) is 8.78 Å². The molecule has 1 heterocycles. The molecule has 1 aliphatic heterocycles. The van der Waals surface area contributed by atoms with Crippen LogP contribution in [0.15, 0.2) is 23.2 Å². The normalized spacial score (nSPS) is 23.5. The molecule has 6 heteroatoms. The molecule has 1 unspecified atom stereocenters. The topological polar surface area (TPSA) is 53.6 Å². The van der Waals surface area contributed by atoms with E-state index >= 15 is 0 Å². The third-order valence-corrected chi connectivity index (χ3v) is 4.35. The molecule has 120 valence electrons. The van der Waals surface area contributed by atoms with E-state index in [0.717, 1.165) is 37.2 Å². The van der Waals surface area contributed by atoms with Crippen molar-refractivity contribution in [2.45, 2.75) is 44.2 Å². The third-order valence-electron chi connectivity index (χ3n) is 4.35. The van der Waals surface area contributed by atoms with Crippen molar-refractivity contribution in [3.8, 4) is 0 Å². The first-order chi connectivity index (χ1) is 10.6. The summed E-state index contributed by atoms with van der Waals surface area (Å²) in [6.07, 6.45) is 6.15. The lowest BCUT2D eigenvalue weighted by molar-refractivity contribution is 0.144. The van der Waals surface area contributed by atoms with Gasteiger partial charge in [0.25, 0.3) is 0 Å². The number of benzene rings is 1. The van der Waals surface area contributed by atoms with E-state index in [4.69, 9.17) is 5.73 Å². The van der Waals surface area contributed by atoms with Crippen molar-refractivity contribution in [2.24, 2.45) is 10.7 Å². The average molecular weight is 308 g/mol. The largest absolute Gasteiger partial charge is 0.370 e. The van der Waals surface area contributed by atoms with Crippen LogP contribution in [0.1, 0.15) is 32.1 Å². The molecule has 2 aliphatic rings. The Morgan fingerprint density at radius 2 is 2.09 bits per heavy atom. The highest BCUT2D eigenvalue weighted by Gasteiger charge is 2.34. The first-order valence-corrected chi connectivity index (χ1v) is 7.91. The van der Waals surface area contributed by atoms with E-state index in [1.807, 2.05) is 0 Å². The molecule has 3 rings (SSSR count). The highest BCUT2D eigenvalue weighted by atomic mass is 19.1. The van der Waals surface area contributed by atoms with E-state index in [1.54, 1.807) is 0 Å². The standard InChI is InChI=1S/C16H22F2N4/c17-11-4-7-14(18)15(9-11)21-16(19)20-10-13-3-1-2-8-22(13)12-5-6-12/h4,7,9,12-13H,1-3,5-6,8,10H2,(H3,19,20,21). The molecule has 0 aromatic heterocycles. The molecular formula is C16H22F2N4. The van der Waals surface area contributed by atoms with Crippen LogP contribution in [0.25, 0.3) is 0 Å². The van der Waals surface area contributed by atoms with Gasteiger partial charge in [0, 0.05) is 18.2 Å². The Hall–Kier alpha value is -1.69. The number of hydrogen-bond donors (Lipinski definition) is 2. The van der Waals surface area contributed by atoms with Gasteiger partial charge in [-0.3, -0.25) is 9.89 Å². The summed E-state index contributed by atoms with van der Waals surface area (Å²) < 4.78 is 26.7. The Morgan fingerprint density at radius 1 is 1.27 bits per heavy atom. The first-order valence-electron chi connectivity index (χ1n) is 7.91. The van der Waals surface area contributed by atoms with Gasteiger partial charge in [0.2, 0.25) is 0 Å². The van der Waals surface area contributed by atoms with Gasteiger partial charge < -0.3 is 11.1 Å². The molecule has 1 atom stereocenters. The van der Waals surface area contributed by atoms with Crippen molar-refractivity contribution < 1.29 is 8.78 Å². The first kappa shape index (κ1) is 15.2. The highest BCUT2D eigenvalue weighted by Crippen LogP contribution is 2.32. The summed E-state index contributed by atoms with van der Waals surface area (Å²) in [5.74, 6) is -0.925. The van der Waals surface area contributed by atoms with Crippen LogP contribution in [-0.4, -0.2) is 36.0 Å². The fourth-order valence-corrected chi connectivity index (χ4v) is 3.08. The zero-order valence-electron chi connectivity index (χ0n) is 12.6. The molecule has 0 amide bonds. The summed E-state index contributed by atoms with van der Waals surface area (Å²) >= 11 is 0. The molecule has 1 saturated heterocycles. The molecule has 1 aromatic carbocycles.